The van der Waals surface area contributed by atoms with Gasteiger partial charge in [-0.05, 0) is 83.5 Å². The molecule has 0 aromatic carbocycles. The van der Waals surface area contributed by atoms with Crippen LogP contribution < -0.4 is 0 Å². The first-order valence-corrected chi connectivity index (χ1v) is 30.7. The van der Waals surface area contributed by atoms with Crippen LogP contribution in [0.15, 0.2) is 72.9 Å². The number of esters is 2. The third kappa shape index (κ3) is 56.6. The molecule has 0 aromatic heterocycles. The number of allylic oxidation sites excluding steroid dienone is 12. The van der Waals surface area contributed by atoms with Crippen LogP contribution in [0.2, 0.25) is 0 Å². The molecule has 1 N–H and O–H groups in total. The fraction of sp³-hybridized carbons (Fsp3) is 0.770. The summed E-state index contributed by atoms with van der Waals surface area (Å²) in [4.78, 5) is 35.7. The number of quaternary nitrogens is 1. The highest BCUT2D eigenvalue weighted by Crippen LogP contribution is 2.43. The Morgan fingerprint density at radius 3 is 1.20 bits per heavy atom. The molecule has 0 radical (unpaired) electrons. The Balaban J connectivity index is 4.13. The number of phosphoric acid groups is 1. The number of rotatable bonds is 53. The highest BCUT2D eigenvalue weighted by molar-refractivity contribution is 7.47. The van der Waals surface area contributed by atoms with Gasteiger partial charge in [-0.3, -0.25) is 18.6 Å². The molecule has 0 rings (SSSR count). The van der Waals surface area contributed by atoms with Crippen LogP contribution in [-0.4, -0.2) is 74.9 Å². The summed E-state index contributed by atoms with van der Waals surface area (Å²) in [7, 11) is 1.47. The molecule has 0 saturated carbocycles. The van der Waals surface area contributed by atoms with E-state index >= 15 is 0 Å². The topological polar surface area (TPSA) is 108 Å². The summed E-state index contributed by atoms with van der Waals surface area (Å²) in [6.45, 7) is 4.31. The van der Waals surface area contributed by atoms with Crippen molar-refractivity contribution in [2.75, 3.05) is 47.5 Å². The third-order valence-electron chi connectivity index (χ3n) is 12.5. The maximum absolute atomic E-state index is 12.8. The zero-order valence-electron chi connectivity index (χ0n) is 46.7. The molecule has 0 aliphatic carbocycles. The number of hydrogen-bond acceptors (Lipinski definition) is 7. The van der Waals surface area contributed by atoms with E-state index in [0.29, 0.717) is 17.4 Å². The molecule has 10 heteroatoms. The van der Waals surface area contributed by atoms with Crippen molar-refractivity contribution in [3.8, 4) is 0 Å². The van der Waals surface area contributed by atoms with E-state index in [0.717, 1.165) is 77.0 Å². The van der Waals surface area contributed by atoms with Gasteiger partial charge >= 0.3 is 19.8 Å². The molecule has 71 heavy (non-hydrogen) atoms. The van der Waals surface area contributed by atoms with Crippen molar-refractivity contribution in [3.63, 3.8) is 0 Å². The second-order valence-corrected chi connectivity index (χ2v) is 22.1. The van der Waals surface area contributed by atoms with Crippen molar-refractivity contribution in [1.82, 2.24) is 0 Å². The van der Waals surface area contributed by atoms with Crippen LogP contribution in [-0.2, 0) is 32.7 Å². The summed E-state index contributed by atoms with van der Waals surface area (Å²) in [5, 5.41) is 0. The van der Waals surface area contributed by atoms with Crippen molar-refractivity contribution in [2.45, 2.75) is 258 Å². The first-order valence-electron chi connectivity index (χ1n) is 29.2. The van der Waals surface area contributed by atoms with Gasteiger partial charge in [0.2, 0.25) is 0 Å². The predicted molar refractivity (Wildman–Crippen MR) is 302 cm³/mol. The lowest BCUT2D eigenvalue weighted by atomic mass is 10.0. The summed E-state index contributed by atoms with van der Waals surface area (Å²) >= 11 is 0. The van der Waals surface area contributed by atoms with Crippen LogP contribution in [0.4, 0.5) is 0 Å². The number of carbonyl (C=O) groups is 2. The molecule has 9 nitrogen and oxygen atoms in total. The van der Waals surface area contributed by atoms with Crippen LogP contribution in [0.25, 0.3) is 0 Å². The van der Waals surface area contributed by atoms with Crippen LogP contribution in [0.3, 0.4) is 0 Å². The zero-order valence-corrected chi connectivity index (χ0v) is 47.6. The van der Waals surface area contributed by atoms with Crippen molar-refractivity contribution >= 4 is 19.8 Å². The SMILES string of the molecule is CC/C=C\C/C=C\C/C=C\C/C=C\CCCCCCCCCCCCCCCCCCC(=O)OC(COC(=O)CCCCCCCCC/C=C\C/C=C\CCCCCC)COP(=O)(O)OCC[N+](C)(C)C. The number of carbonyl (C=O) groups excluding carboxylic acids is 2. The van der Waals surface area contributed by atoms with E-state index in [1.54, 1.807) is 0 Å². The molecule has 2 atom stereocenters. The predicted octanol–water partition coefficient (Wildman–Crippen LogP) is 18.1. The van der Waals surface area contributed by atoms with Crippen LogP contribution in [0.5, 0.6) is 0 Å². The molecule has 0 bridgehead atoms. The molecule has 0 spiro atoms. The van der Waals surface area contributed by atoms with E-state index in [1.165, 1.54) is 141 Å². The van der Waals surface area contributed by atoms with Gasteiger partial charge < -0.3 is 18.9 Å². The summed E-state index contributed by atoms with van der Waals surface area (Å²) in [5.41, 5.74) is 0. The minimum atomic E-state index is -4.39. The second-order valence-electron chi connectivity index (χ2n) is 20.6. The normalized spacial score (nSPS) is 13.8. The molecule has 0 aromatic rings. The molecular weight excluding hydrogens is 906 g/mol. The van der Waals surface area contributed by atoms with Crippen molar-refractivity contribution in [2.24, 2.45) is 0 Å². The van der Waals surface area contributed by atoms with E-state index in [1.807, 2.05) is 21.1 Å². The van der Waals surface area contributed by atoms with Gasteiger partial charge in [0.1, 0.15) is 19.8 Å². The number of phosphoric ester groups is 1. The molecular formula is C61H111NO8P+. The van der Waals surface area contributed by atoms with E-state index in [2.05, 4.69) is 86.8 Å². The number of ether oxygens (including phenoxy) is 2. The Kier molecular flexibility index (Phi) is 50.4. The quantitative estimate of drug-likeness (QED) is 0.0211. The first-order chi connectivity index (χ1) is 34.5. The lowest BCUT2D eigenvalue weighted by Crippen LogP contribution is -2.37. The molecule has 0 aliphatic heterocycles. The average molecular weight is 1020 g/mol. The average Bonchev–Trinajstić information content (AvgIpc) is 3.33. The second kappa shape index (κ2) is 52.3. The Hall–Kier alpha value is -2.55. The number of hydrogen-bond donors (Lipinski definition) is 1. The van der Waals surface area contributed by atoms with Gasteiger partial charge in [-0.1, -0.05) is 228 Å². The highest BCUT2D eigenvalue weighted by Gasteiger charge is 2.27. The van der Waals surface area contributed by atoms with Gasteiger partial charge in [-0.15, -0.1) is 0 Å². The molecule has 0 saturated heterocycles. The number of nitrogens with zero attached hydrogens (tertiary/aromatic N) is 1. The molecule has 412 valence electrons. The summed E-state index contributed by atoms with van der Waals surface area (Å²) in [6, 6.07) is 0. The zero-order chi connectivity index (χ0) is 52.0. The van der Waals surface area contributed by atoms with Gasteiger partial charge in [0, 0.05) is 12.8 Å². The fourth-order valence-corrected chi connectivity index (χ4v) is 8.72. The van der Waals surface area contributed by atoms with Gasteiger partial charge in [0.05, 0.1) is 27.7 Å². The summed E-state index contributed by atoms with van der Waals surface area (Å²) in [5.74, 6) is -0.802. The van der Waals surface area contributed by atoms with Crippen molar-refractivity contribution < 1.29 is 42.1 Å². The molecule has 0 amide bonds. The minimum absolute atomic E-state index is 0.0288. The maximum atomic E-state index is 12.8. The number of likely N-dealkylation sites (N-methyl/N-ethyl adjacent to an activating group) is 1. The third-order valence-corrected chi connectivity index (χ3v) is 13.5. The fourth-order valence-electron chi connectivity index (χ4n) is 7.98. The summed E-state index contributed by atoms with van der Waals surface area (Å²) < 4.78 is 34.6. The Labute approximate surface area is 438 Å². The summed E-state index contributed by atoms with van der Waals surface area (Å²) in [6.07, 6.45) is 68.2. The van der Waals surface area contributed by atoms with Crippen molar-refractivity contribution in [1.29, 1.82) is 0 Å². The lowest BCUT2D eigenvalue weighted by Gasteiger charge is -2.24. The van der Waals surface area contributed by atoms with Crippen LogP contribution in [0, 0.1) is 0 Å². The smallest absolute Gasteiger partial charge is 0.462 e. The van der Waals surface area contributed by atoms with Gasteiger partial charge in [-0.25, -0.2) is 4.57 Å². The van der Waals surface area contributed by atoms with E-state index < -0.39 is 26.5 Å². The Bertz CT molecular complexity index is 1430. The monoisotopic (exact) mass is 1020 g/mol. The minimum Gasteiger partial charge on any atom is -0.462 e. The largest absolute Gasteiger partial charge is 0.472 e. The Morgan fingerprint density at radius 1 is 0.451 bits per heavy atom. The van der Waals surface area contributed by atoms with E-state index in [4.69, 9.17) is 18.5 Å². The maximum Gasteiger partial charge on any atom is 0.472 e. The molecule has 0 fully saturated rings. The highest BCUT2D eigenvalue weighted by atomic mass is 31.2. The van der Waals surface area contributed by atoms with Crippen LogP contribution in [0.1, 0.15) is 251 Å². The molecule has 0 heterocycles. The van der Waals surface area contributed by atoms with Crippen LogP contribution >= 0.6 is 7.82 Å². The number of unbranched alkanes of at least 4 members (excludes halogenated alkanes) is 27. The lowest BCUT2D eigenvalue weighted by molar-refractivity contribution is -0.870. The molecule has 0 aliphatic rings. The Morgan fingerprint density at radius 2 is 0.803 bits per heavy atom. The molecule has 2 unspecified atom stereocenters. The van der Waals surface area contributed by atoms with Gasteiger partial charge in [-0.2, -0.15) is 0 Å². The van der Waals surface area contributed by atoms with E-state index in [-0.39, 0.29) is 32.0 Å². The van der Waals surface area contributed by atoms with Gasteiger partial charge in [0.15, 0.2) is 6.10 Å². The van der Waals surface area contributed by atoms with Crippen molar-refractivity contribution in [3.05, 3.63) is 72.9 Å². The first kappa shape index (κ1) is 68.5. The standard InChI is InChI=1S/C61H110NO8P/c1-6-8-10-12-14-16-18-20-22-24-26-27-28-29-30-31-32-33-34-35-36-38-40-42-44-46-48-50-52-54-61(64)70-59(58-69-71(65,66)68-56-55-62(3,4)5)57-67-60(63)53-51-49-47-45-43-41-39-37-25-23-21-19-17-15-13-11-9-7-2/h8,10,14,16-17,19-20,22-23,25-27,59H,6-7,9,11-13,15,18,21,24,28-58H2,1-5H3/p+1/b10-8-,16-14-,19-17-,22-20-,25-23-,27-26-. The van der Waals surface area contributed by atoms with E-state index in [9.17, 15) is 19.0 Å². The van der Waals surface area contributed by atoms with Gasteiger partial charge in [0.25, 0.3) is 0 Å².